The minimum atomic E-state index is -2.31. The first-order valence-electron chi connectivity index (χ1n) is 15.7. The molecule has 0 bridgehead atoms. The van der Waals surface area contributed by atoms with Gasteiger partial charge in [-0.1, -0.05) is 77.7 Å². The molecule has 1 saturated heterocycles. The van der Waals surface area contributed by atoms with Crippen molar-refractivity contribution in [1.82, 2.24) is 0 Å². The van der Waals surface area contributed by atoms with E-state index in [9.17, 15) is 4.79 Å². The van der Waals surface area contributed by atoms with Crippen LogP contribution < -0.4 is 0 Å². The van der Waals surface area contributed by atoms with E-state index in [0.717, 1.165) is 11.1 Å². The minimum absolute atomic E-state index is 0.0148. The van der Waals surface area contributed by atoms with Gasteiger partial charge < -0.3 is 27.8 Å². The Bertz CT molecular complexity index is 1100. The highest BCUT2D eigenvalue weighted by atomic mass is 28.4. The zero-order valence-electron chi connectivity index (χ0n) is 30.7. The molecule has 0 saturated carbocycles. The van der Waals surface area contributed by atoms with E-state index in [1.165, 1.54) is 7.11 Å². The molecular weight excluding hydrogens is 589 g/mol. The minimum Gasteiger partial charge on any atom is -0.466 e. The summed E-state index contributed by atoms with van der Waals surface area (Å²) in [5.41, 5.74) is 2.46. The average molecular weight is 651 g/mol. The number of methoxy groups -OCH3 is 2. The van der Waals surface area contributed by atoms with Crippen molar-refractivity contribution < 1.29 is 32.6 Å². The largest absolute Gasteiger partial charge is 0.466 e. The Kier molecular flexibility index (Phi) is 14.6. The van der Waals surface area contributed by atoms with Crippen LogP contribution in [-0.4, -0.2) is 73.6 Å². The van der Waals surface area contributed by atoms with E-state index in [1.807, 2.05) is 33.8 Å². The topological polar surface area (TPSA) is 72.5 Å². The van der Waals surface area contributed by atoms with Crippen molar-refractivity contribution in [3.63, 3.8) is 0 Å². The highest BCUT2D eigenvalue weighted by Crippen LogP contribution is 2.44. The lowest BCUT2D eigenvalue weighted by Gasteiger charge is -2.52. The number of rotatable bonds is 12. The molecule has 0 aromatic rings. The number of carbonyl (C=O) groups is 1. The number of carbonyl (C=O) groups excluding carboxylic acids is 1. The van der Waals surface area contributed by atoms with Crippen LogP contribution in [-0.2, 0) is 32.6 Å². The maximum atomic E-state index is 11.8. The molecule has 44 heavy (non-hydrogen) atoms. The number of hydrogen-bond acceptors (Lipinski definition) is 7. The summed E-state index contributed by atoms with van der Waals surface area (Å²) in [5.74, 6) is 2.37. The number of terminal acetylenes is 1. The van der Waals surface area contributed by atoms with E-state index in [2.05, 4.69) is 79.7 Å². The molecule has 7 nitrogen and oxygen atoms in total. The van der Waals surface area contributed by atoms with Crippen LogP contribution in [0.25, 0.3) is 0 Å². The van der Waals surface area contributed by atoms with E-state index >= 15 is 0 Å². The number of esters is 1. The Morgan fingerprint density at radius 1 is 0.864 bits per heavy atom. The summed E-state index contributed by atoms with van der Waals surface area (Å²) in [7, 11) is -1.48. The molecule has 0 radical (unpaired) electrons. The SMILES string of the molecule is C#C[C@@H](O[C@@H]1O[C@@H](C)[C@H](OC)[C@@H](O[Si](C)(C)C(C)(C)C)[C@@H]1O[Si](C)(C)C(C)(C)C)[C@H](C)/C=C(C)/C=C(C)/C=C(\C)C(=O)OC. The summed E-state index contributed by atoms with van der Waals surface area (Å²) in [6.45, 7) is 32.0. The monoisotopic (exact) mass is 650 g/mol. The summed E-state index contributed by atoms with van der Waals surface area (Å²) >= 11 is 0. The van der Waals surface area contributed by atoms with Gasteiger partial charge in [0.05, 0.1) is 13.2 Å². The molecule has 0 aliphatic carbocycles. The van der Waals surface area contributed by atoms with E-state index in [4.69, 9.17) is 34.2 Å². The normalized spacial score (nSPS) is 26.2. The number of ether oxygens (including phenoxy) is 4. The summed E-state index contributed by atoms with van der Waals surface area (Å²) in [5, 5.41) is -0.0621. The van der Waals surface area contributed by atoms with E-state index in [-0.39, 0.29) is 34.2 Å². The van der Waals surface area contributed by atoms with Gasteiger partial charge in [0, 0.05) is 18.6 Å². The first-order valence-corrected chi connectivity index (χ1v) is 21.5. The maximum Gasteiger partial charge on any atom is 0.333 e. The molecule has 1 fully saturated rings. The highest BCUT2D eigenvalue weighted by molar-refractivity contribution is 6.74. The molecule has 0 aromatic carbocycles. The first-order chi connectivity index (χ1) is 19.9. The van der Waals surface area contributed by atoms with Gasteiger partial charge in [0.25, 0.3) is 0 Å². The molecule has 1 aliphatic rings. The van der Waals surface area contributed by atoms with Crippen LogP contribution in [0.1, 0.15) is 76.2 Å². The number of allylic oxidation sites excluding steroid dienone is 4. The van der Waals surface area contributed by atoms with Gasteiger partial charge in [0.2, 0.25) is 0 Å². The van der Waals surface area contributed by atoms with Crippen molar-refractivity contribution >= 4 is 22.6 Å². The van der Waals surface area contributed by atoms with Crippen LogP contribution in [0.4, 0.5) is 0 Å². The summed E-state index contributed by atoms with van der Waals surface area (Å²) in [6, 6.07) is 0. The predicted molar refractivity (Wildman–Crippen MR) is 185 cm³/mol. The fourth-order valence-electron chi connectivity index (χ4n) is 4.67. The highest BCUT2D eigenvalue weighted by Gasteiger charge is 2.54. The fraction of sp³-hybridized carbons (Fsp3) is 0.743. The van der Waals surface area contributed by atoms with Crippen molar-refractivity contribution in [2.75, 3.05) is 14.2 Å². The van der Waals surface area contributed by atoms with Crippen molar-refractivity contribution in [1.29, 1.82) is 0 Å². The molecule has 1 rings (SSSR count). The van der Waals surface area contributed by atoms with Crippen LogP contribution in [0.2, 0.25) is 36.3 Å². The summed E-state index contributed by atoms with van der Waals surface area (Å²) < 4.78 is 38.2. The Hall–Kier alpha value is -1.52. The van der Waals surface area contributed by atoms with Gasteiger partial charge in [-0.15, -0.1) is 6.42 Å². The molecular formula is C35H62O7Si2. The van der Waals surface area contributed by atoms with E-state index in [0.29, 0.717) is 5.57 Å². The molecule has 7 atom stereocenters. The number of hydrogen-bond donors (Lipinski definition) is 0. The lowest BCUT2D eigenvalue weighted by molar-refractivity contribution is -0.298. The Labute approximate surface area is 271 Å². The van der Waals surface area contributed by atoms with Crippen molar-refractivity contribution in [3.05, 3.63) is 34.9 Å². The fourth-order valence-corrected chi connectivity index (χ4v) is 7.25. The van der Waals surface area contributed by atoms with Crippen molar-refractivity contribution in [3.8, 4) is 12.3 Å². The zero-order valence-corrected chi connectivity index (χ0v) is 32.7. The van der Waals surface area contributed by atoms with Gasteiger partial charge >= 0.3 is 5.97 Å². The third-order valence-corrected chi connectivity index (χ3v) is 18.3. The third kappa shape index (κ3) is 10.8. The molecule has 252 valence electrons. The lowest BCUT2D eigenvalue weighted by Crippen LogP contribution is -2.65. The van der Waals surface area contributed by atoms with Crippen LogP contribution in [0, 0.1) is 18.3 Å². The van der Waals surface area contributed by atoms with Gasteiger partial charge in [-0.05, 0) is 70.0 Å². The molecule has 0 N–H and O–H groups in total. The zero-order chi connectivity index (χ0) is 34.4. The molecule has 0 spiro atoms. The molecule has 0 unspecified atom stereocenters. The Balaban J connectivity index is 3.53. The quantitative estimate of drug-likeness (QED) is 0.0693. The van der Waals surface area contributed by atoms with Gasteiger partial charge in [0.1, 0.15) is 24.4 Å². The molecule has 0 aromatic heterocycles. The Morgan fingerprint density at radius 2 is 1.36 bits per heavy atom. The van der Waals surface area contributed by atoms with Crippen molar-refractivity contribution in [2.24, 2.45) is 5.92 Å². The average Bonchev–Trinajstić information content (AvgIpc) is 2.86. The maximum absolute atomic E-state index is 11.8. The smallest absolute Gasteiger partial charge is 0.333 e. The van der Waals surface area contributed by atoms with E-state index in [1.54, 1.807) is 20.1 Å². The van der Waals surface area contributed by atoms with Crippen LogP contribution in [0.15, 0.2) is 34.9 Å². The van der Waals surface area contributed by atoms with Gasteiger partial charge in [-0.25, -0.2) is 4.79 Å². The van der Waals surface area contributed by atoms with Gasteiger partial charge in [-0.3, -0.25) is 0 Å². The second kappa shape index (κ2) is 15.9. The predicted octanol–water partition coefficient (Wildman–Crippen LogP) is 8.19. The second-order valence-electron chi connectivity index (χ2n) is 15.3. The van der Waals surface area contributed by atoms with Gasteiger partial charge in [-0.2, -0.15) is 0 Å². The molecule has 0 amide bonds. The third-order valence-electron chi connectivity index (χ3n) is 9.33. The summed E-state index contributed by atoms with van der Waals surface area (Å²) in [6.07, 6.45) is 9.07. The molecule has 1 heterocycles. The van der Waals surface area contributed by atoms with Crippen LogP contribution in [0.5, 0.6) is 0 Å². The van der Waals surface area contributed by atoms with Crippen molar-refractivity contribution in [2.45, 2.75) is 149 Å². The van der Waals surface area contributed by atoms with E-state index < -0.39 is 41.2 Å². The Morgan fingerprint density at radius 3 is 1.80 bits per heavy atom. The summed E-state index contributed by atoms with van der Waals surface area (Å²) in [4.78, 5) is 11.8. The molecule has 1 aliphatic heterocycles. The van der Waals surface area contributed by atoms with Gasteiger partial charge in [0.15, 0.2) is 22.9 Å². The standard InChI is InChI=1S/C35H62O7Si2/c1-19-28(25(4)21-23(2)20-24(3)22-26(5)32(36)38-14)40-33-31(42-44(17,18)35(10,11)12)30(29(37-13)27(6)39-33)41-43(15,16)34(7,8)9/h1,20-22,25,27-31,33H,2-18H3/b23-21+,24-20+,26-22+/t25-,27+,28-,29+,30-,31+,33+/m1/s1. The first kappa shape index (κ1) is 40.5. The lowest BCUT2D eigenvalue weighted by atomic mass is 9.98. The van der Waals surface area contributed by atoms with Crippen LogP contribution in [0.3, 0.4) is 0 Å². The molecule has 9 heteroatoms. The van der Waals surface area contributed by atoms with Crippen LogP contribution >= 0.6 is 0 Å². The second-order valence-corrected chi connectivity index (χ2v) is 24.8.